The van der Waals surface area contributed by atoms with Gasteiger partial charge in [0.15, 0.2) is 0 Å². The van der Waals surface area contributed by atoms with Crippen LogP contribution in [0.2, 0.25) is 0 Å². The van der Waals surface area contributed by atoms with Crippen molar-refractivity contribution in [1.82, 2.24) is 4.90 Å². The molecule has 0 aliphatic rings. The smallest absolute Gasteiger partial charge is 0.326 e. The van der Waals surface area contributed by atoms with E-state index in [0.29, 0.717) is 13.1 Å². The van der Waals surface area contributed by atoms with E-state index in [0.717, 1.165) is 0 Å². The summed E-state index contributed by atoms with van der Waals surface area (Å²) in [5, 5.41) is 9.25. The van der Waals surface area contributed by atoms with Crippen LogP contribution < -0.4 is 0 Å². The van der Waals surface area contributed by atoms with Crippen LogP contribution in [0.1, 0.15) is 27.7 Å². The summed E-state index contributed by atoms with van der Waals surface area (Å²) in [6.45, 7) is 8.79. The van der Waals surface area contributed by atoms with Gasteiger partial charge in [-0.05, 0) is 26.9 Å². The topological polar surface area (TPSA) is 49.8 Å². The summed E-state index contributed by atoms with van der Waals surface area (Å²) < 4.78 is 5.14. The molecule has 4 nitrogen and oxygen atoms in total. The molecular formula is C10H21NO3. The molecule has 0 amide bonds. The molecule has 84 valence electrons. The maximum absolute atomic E-state index is 11.3. The van der Waals surface area contributed by atoms with Crippen molar-refractivity contribution in [3.8, 4) is 0 Å². The lowest BCUT2D eigenvalue weighted by atomic mass is 9.93. The summed E-state index contributed by atoms with van der Waals surface area (Å²) >= 11 is 0. The zero-order chi connectivity index (χ0) is 11.4. The second-order valence-electron chi connectivity index (χ2n) is 3.50. The number of rotatable bonds is 6. The zero-order valence-corrected chi connectivity index (χ0v) is 9.70. The maximum atomic E-state index is 11.3. The normalized spacial score (nSPS) is 17.9. The lowest BCUT2D eigenvalue weighted by Gasteiger charge is -2.40. The summed E-state index contributed by atoms with van der Waals surface area (Å²) in [7, 11) is 1.54. The van der Waals surface area contributed by atoms with E-state index in [1.54, 1.807) is 13.8 Å². The predicted molar refractivity (Wildman–Crippen MR) is 55.4 cm³/mol. The van der Waals surface area contributed by atoms with Crippen molar-refractivity contribution in [2.24, 2.45) is 0 Å². The Morgan fingerprint density at radius 3 is 2.14 bits per heavy atom. The van der Waals surface area contributed by atoms with Gasteiger partial charge < -0.3 is 9.84 Å². The fourth-order valence-corrected chi connectivity index (χ4v) is 1.68. The average molecular weight is 203 g/mol. The van der Waals surface area contributed by atoms with E-state index in [1.165, 1.54) is 7.11 Å². The van der Waals surface area contributed by atoms with Crippen molar-refractivity contribution in [3.05, 3.63) is 0 Å². The quantitative estimate of drug-likeness (QED) is 0.705. The number of carboxylic acids is 1. The van der Waals surface area contributed by atoms with Crippen molar-refractivity contribution < 1.29 is 14.6 Å². The Bertz CT molecular complexity index is 192. The van der Waals surface area contributed by atoms with Gasteiger partial charge in [-0.25, -0.2) is 0 Å². The van der Waals surface area contributed by atoms with Crippen LogP contribution in [-0.2, 0) is 9.53 Å². The van der Waals surface area contributed by atoms with Crippen LogP contribution in [0.5, 0.6) is 0 Å². The molecule has 0 aromatic rings. The molecule has 0 aliphatic heterocycles. The third kappa shape index (κ3) is 2.25. The SMILES string of the molecule is CCN(CC)C(C)(C(=O)O)C(C)OC. The van der Waals surface area contributed by atoms with Crippen molar-refractivity contribution >= 4 is 5.97 Å². The number of carboxylic acid groups (broad SMARTS) is 1. The van der Waals surface area contributed by atoms with Crippen LogP contribution in [0, 0.1) is 0 Å². The van der Waals surface area contributed by atoms with E-state index >= 15 is 0 Å². The van der Waals surface area contributed by atoms with E-state index < -0.39 is 11.5 Å². The first-order chi connectivity index (χ1) is 6.44. The van der Waals surface area contributed by atoms with Gasteiger partial charge in [-0.15, -0.1) is 0 Å². The van der Waals surface area contributed by atoms with E-state index in [4.69, 9.17) is 4.74 Å². The molecule has 0 saturated carbocycles. The molecule has 4 heteroatoms. The van der Waals surface area contributed by atoms with Gasteiger partial charge in [0.05, 0.1) is 6.10 Å². The Morgan fingerprint density at radius 1 is 1.50 bits per heavy atom. The minimum atomic E-state index is -0.946. The average Bonchev–Trinajstić information content (AvgIpc) is 2.17. The number of carbonyl (C=O) groups is 1. The number of methoxy groups -OCH3 is 1. The van der Waals surface area contributed by atoms with E-state index in [2.05, 4.69) is 0 Å². The van der Waals surface area contributed by atoms with Crippen LogP contribution in [0.15, 0.2) is 0 Å². The van der Waals surface area contributed by atoms with Crippen molar-refractivity contribution in [3.63, 3.8) is 0 Å². The lowest BCUT2D eigenvalue weighted by Crippen LogP contribution is -2.59. The number of nitrogens with zero attached hydrogens (tertiary/aromatic N) is 1. The number of aliphatic carboxylic acids is 1. The summed E-state index contributed by atoms with van der Waals surface area (Å²) in [6, 6.07) is 0. The molecule has 14 heavy (non-hydrogen) atoms. The first-order valence-electron chi connectivity index (χ1n) is 4.96. The second-order valence-corrected chi connectivity index (χ2v) is 3.50. The molecule has 0 aliphatic carbocycles. The summed E-state index contributed by atoms with van der Waals surface area (Å²) in [5.41, 5.74) is -0.946. The van der Waals surface area contributed by atoms with Gasteiger partial charge in [0.25, 0.3) is 0 Å². The van der Waals surface area contributed by atoms with Gasteiger partial charge >= 0.3 is 5.97 Å². The van der Waals surface area contributed by atoms with Gasteiger partial charge in [0.2, 0.25) is 0 Å². The predicted octanol–water partition coefficient (Wildman–Crippen LogP) is 1.21. The highest BCUT2D eigenvalue weighted by Gasteiger charge is 2.43. The summed E-state index contributed by atoms with van der Waals surface area (Å²) in [5.74, 6) is -0.837. The fourth-order valence-electron chi connectivity index (χ4n) is 1.68. The maximum Gasteiger partial charge on any atom is 0.326 e. The van der Waals surface area contributed by atoms with Gasteiger partial charge in [0, 0.05) is 7.11 Å². The molecule has 0 bridgehead atoms. The monoisotopic (exact) mass is 203 g/mol. The number of hydrogen-bond acceptors (Lipinski definition) is 3. The third-order valence-electron chi connectivity index (χ3n) is 3.00. The molecule has 0 spiro atoms. The summed E-state index contributed by atoms with van der Waals surface area (Å²) in [6.07, 6.45) is -0.333. The number of ether oxygens (including phenoxy) is 1. The minimum absolute atomic E-state index is 0.333. The minimum Gasteiger partial charge on any atom is -0.480 e. The Kier molecular flexibility index (Phi) is 5.08. The second kappa shape index (κ2) is 5.32. The first kappa shape index (κ1) is 13.4. The third-order valence-corrected chi connectivity index (χ3v) is 3.00. The Labute approximate surface area is 85.9 Å². The first-order valence-corrected chi connectivity index (χ1v) is 4.96. The van der Waals surface area contributed by atoms with E-state index in [9.17, 15) is 9.90 Å². The molecule has 0 heterocycles. The van der Waals surface area contributed by atoms with E-state index in [1.807, 2.05) is 18.7 Å². The van der Waals surface area contributed by atoms with E-state index in [-0.39, 0.29) is 6.10 Å². The highest BCUT2D eigenvalue weighted by Crippen LogP contribution is 2.21. The Balaban J connectivity index is 4.96. The zero-order valence-electron chi connectivity index (χ0n) is 9.70. The molecule has 2 unspecified atom stereocenters. The van der Waals surface area contributed by atoms with Crippen LogP contribution >= 0.6 is 0 Å². The molecule has 0 fully saturated rings. The van der Waals surface area contributed by atoms with Crippen molar-refractivity contribution in [1.29, 1.82) is 0 Å². The van der Waals surface area contributed by atoms with Gasteiger partial charge in [0.1, 0.15) is 5.54 Å². The van der Waals surface area contributed by atoms with Crippen molar-refractivity contribution in [2.75, 3.05) is 20.2 Å². The molecule has 0 rings (SSSR count). The number of likely N-dealkylation sites (N-methyl/N-ethyl adjacent to an activating group) is 1. The van der Waals surface area contributed by atoms with Gasteiger partial charge in [-0.3, -0.25) is 9.69 Å². The van der Waals surface area contributed by atoms with Crippen LogP contribution in [-0.4, -0.2) is 47.8 Å². The molecule has 0 aromatic heterocycles. The summed E-state index contributed by atoms with van der Waals surface area (Å²) in [4.78, 5) is 13.2. The molecule has 0 aromatic carbocycles. The molecule has 2 atom stereocenters. The molecule has 1 N–H and O–H groups in total. The van der Waals surface area contributed by atoms with Crippen molar-refractivity contribution in [2.45, 2.75) is 39.3 Å². The standard InChI is InChI=1S/C10H21NO3/c1-6-11(7-2)10(4,9(12)13)8(3)14-5/h8H,6-7H2,1-5H3,(H,12,13). The molecule has 0 saturated heterocycles. The van der Waals surface area contributed by atoms with Crippen LogP contribution in [0.25, 0.3) is 0 Å². The Hall–Kier alpha value is -0.610. The van der Waals surface area contributed by atoms with Gasteiger partial charge in [-0.2, -0.15) is 0 Å². The number of hydrogen-bond donors (Lipinski definition) is 1. The highest BCUT2D eigenvalue weighted by molar-refractivity contribution is 5.79. The Morgan fingerprint density at radius 2 is 1.93 bits per heavy atom. The van der Waals surface area contributed by atoms with Crippen LogP contribution in [0.4, 0.5) is 0 Å². The molecule has 0 radical (unpaired) electrons. The van der Waals surface area contributed by atoms with Crippen LogP contribution in [0.3, 0.4) is 0 Å². The fraction of sp³-hybridized carbons (Fsp3) is 0.900. The largest absolute Gasteiger partial charge is 0.480 e. The lowest BCUT2D eigenvalue weighted by molar-refractivity contribution is -0.159. The highest BCUT2D eigenvalue weighted by atomic mass is 16.5. The van der Waals surface area contributed by atoms with Gasteiger partial charge in [-0.1, -0.05) is 13.8 Å². The molecular weight excluding hydrogens is 182 g/mol.